The van der Waals surface area contributed by atoms with E-state index in [1.54, 1.807) is 0 Å². The molecule has 1 aliphatic heterocycles. The first-order valence-electron chi connectivity index (χ1n) is 5.82. The number of thioether (sulfide) groups is 1. The number of halogens is 4. The van der Waals surface area contributed by atoms with E-state index in [0.717, 1.165) is 23.9 Å². The molecular formula is C12H11F4N3S. The molecule has 1 saturated carbocycles. The lowest BCUT2D eigenvalue weighted by Gasteiger charge is -2.29. The first kappa shape index (κ1) is 13.5. The Morgan fingerprint density at radius 3 is 2.55 bits per heavy atom. The maximum Gasteiger partial charge on any atom is 0.267 e. The molecule has 1 fully saturated rings. The second-order valence-corrected chi connectivity index (χ2v) is 6.31. The van der Waals surface area contributed by atoms with Crippen molar-refractivity contribution in [1.29, 1.82) is 0 Å². The van der Waals surface area contributed by atoms with Crippen molar-refractivity contribution >= 4 is 22.6 Å². The van der Waals surface area contributed by atoms with Crippen LogP contribution in [-0.4, -0.2) is 16.3 Å². The van der Waals surface area contributed by atoms with Crippen LogP contribution >= 0.6 is 11.8 Å². The van der Waals surface area contributed by atoms with Crippen molar-refractivity contribution in [2.45, 2.75) is 23.6 Å². The van der Waals surface area contributed by atoms with Gasteiger partial charge in [0.15, 0.2) is 16.8 Å². The number of hydrogen-bond donors (Lipinski definition) is 2. The first-order chi connectivity index (χ1) is 9.18. The molecule has 0 saturated heterocycles. The number of amidine groups is 1. The third kappa shape index (κ3) is 1.63. The fraction of sp³-hybridized carbons (Fsp3) is 0.417. The lowest BCUT2D eigenvalue weighted by atomic mass is 9.86. The Balaban J connectivity index is 2.19. The van der Waals surface area contributed by atoms with Crippen LogP contribution in [-0.2, 0) is 5.54 Å². The van der Waals surface area contributed by atoms with E-state index in [2.05, 4.69) is 4.99 Å². The van der Waals surface area contributed by atoms with E-state index in [9.17, 15) is 17.6 Å². The van der Waals surface area contributed by atoms with Gasteiger partial charge in [0.25, 0.3) is 5.92 Å². The van der Waals surface area contributed by atoms with Crippen molar-refractivity contribution in [3.63, 3.8) is 0 Å². The third-order valence-corrected chi connectivity index (χ3v) is 4.95. The molecule has 0 spiro atoms. The summed E-state index contributed by atoms with van der Waals surface area (Å²) in [5.74, 6) is -6.64. The summed E-state index contributed by atoms with van der Waals surface area (Å²) in [6.07, 6.45) is 0. The molecule has 4 N–H and O–H groups in total. The molecule has 0 bridgehead atoms. The highest BCUT2D eigenvalue weighted by molar-refractivity contribution is 8.14. The minimum atomic E-state index is -3.02. The van der Waals surface area contributed by atoms with Gasteiger partial charge >= 0.3 is 0 Å². The molecular weight excluding hydrogens is 294 g/mol. The number of alkyl halides is 2. The number of rotatable bonds is 1. The summed E-state index contributed by atoms with van der Waals surface area (Å²) in [4.78, 5) is 3.96. The number of nitrogens with two attached hydrogens (primary N) is 2. The van der Waals surface area contributed by atoms with Gasteiger partial charge in [0.2, 0.25) is 0 Å². The molecule has 3 atom stereocenters. The Labute approximate surface area is 116 Å². The molecule has 2 unspecified atom stereocenters. The fourth-order valence-electron chi connectivity index (χ4n) is 2.78. The van der Waals surface area contributed by atoms with Crippen LogP contribution in [0.5, 0.6) is 0 Å². The van der Waals surface area contributed by atoms with Crippen molar-refractivity contribution in [3.05, 3.63) is 29.3 Å². The van der Waals surface area contributed by atoms with E-state index in [0.29, 0.717) is 0 Å². The smallest absolute Gasteiger partial charge is 0.267 e. The van der Waals surface area contributed by atoms with Crippen molar-refractivity contribution in [2.24, 2.45) is 16.6 Å². The van der Waals surface area contributed by atoms with E-state index >= 15 is 0 Å². The fourth-order valence-corrected chi connectivity index (χ4v) is 4.09. The maximum atomic E-state index is 14.0. The SMILES string of the molecule is C[C@]1(c2cc(N)cc(F)c2F)N=C(N)SC2C1C2(F)F. The second-order valence-electron chi connectivity index (χ2n) is 5.15. The van der Waals surface area contributed by atoms with Gasteiger partial charge in [0, 0.05) is 11.3 Å². The van der Waals surface area contributed by atoms with Crippen molar-refractivity contribution < 1.29 is 17.6 Å². The molecule has 1 heterocycles. The number of benzene rings is 1. The van der Waals surface area contributed by atoms with E-state index < -0.39 is 34.3 Å². The van der Waals surface area contributed by atoms with E-state index in [4.69, 9.17) is 11.5 Å². The predicted octanol–water partition coefficient (Wildman–Crippen LogP) is 2.46. The predicted molar refractivity (Wildman–Crippen MR) is 69.6 cm³/mol. The minimum Gasteiger partial charge on any atom is -0.399 e. The summed E-state index contributed by atoms with van der Waals surface area (Å²) in [5, 5.41) is -1.12. The molecule has 3 nitrogen and oxygen atoms in total. The molecule has 20 heavy (non-hydrogen) atoms. The number of nitrogens with zero attached hydrogens (tertiary/aromatic N) is 1. The summed E-state index contributed by atoms with van der Waals surface area (Å²) < 4.78 is 55.0. The molecule has 1 aliphatic carbocycles. The van der Waals surface area contributed by atoms with Gasteiger partial charge in [-0.3, -0.25) is 4.99 Å². The van der Waals surface area contributed by atoms with Gasteiger partial charge in [0.1, 0.15) is 0 Å². The van der Waals surface area contributed by atoms with Crippen LogP contribution < -0.4 is 11.5 Å². The van der Waals surface area contributed by atoms with Crippen molar-refractivity contribution in [3.8, 4) is 0 Å². The average Bonchev–Trinajstić information content (AvgIpc) is 2.86. The Morgan fingerprint density at radius 1 is 1.25 bits per heavy atom. The van der Waals surface area contributed by atoms with Crippen LogP contribution in [0.3, 0.4) is 0 Å². The second kappa shape index (κ2) is 3.81. The summed E-state index contributed by atoms with van der Waals surface area (Å²) in [5.41, 5.74) is 9.06. The summed E-state index contributed by atoms with van der Waals surface area (Å²) >= 11 is 0.764. The maximum absolute atomic E-state index is 14.0. The highest BCUT2D eigenvalue weighted by atomic mass is 32.2. The molecule has 3 rings (SSSR count). The molecule has 1 aromatic rings. The Bertz CT molecular complexity index is 633. The molecule has 0 radical (unpaired) electrons. The zero-order valence-corrected chi connectivity index (χ0v) is 11.1. The van der Waals surface area contributed by atoms with E-state index in [1.807, 2.05) is 0 Å². The Morgan fingerprint density at radius 2 is 1.90 bits per heavy atom. The monoisotopic (exact) mass is 305 g/mol. The lowest BCUT2D eigenvalue weighted by Crippen LogP contribution is -2.32. The summed E-state index contributed by atoms with van der Waals surface area (Å²) in [7, 11) is 0. The first-order valence-corrected chi connectivity index (χ1v) is 6.70. The van der Waals surface area contributed by atoms with Gasteiger partial charge in [-0.25, -0.2) is 17.6 Å². The molecule has 0 amide bonds. The summed E-state index contributed by atoms with van der Waals surface area (Å²) in [6, 6.07) is 1.94. The van der Waals surface area contributed by atoms with Crippen LogP contribution in [0.1, 0.15) is 12.5 Å². The normalized spacial score (nSPS) is 34.4. The minimum absolute atomic E-state index is 0.0485. The number of fused-ring (bicyclic) bond motifs is 1. The van der Waals surface area contributed by atoms with Crippen LogP contribution in [0.25, 0.3) is 0 Å². The largest absolute Gasteiger partial charge is 0.399 e. The van der Waals surface area contributed by atoms with Crippen molar-refractivity contribution in [2.75, 3.05) is 5.73 Å². The van der Waals surface area contributed by atoms with Gasteiger partial charge in [-0.15, -0.1) is 0 Å². The molecule has 108 valence electrons. The number of hydrogen-bond acceptors (Lipinski definition) is 4. The van der Waals surface area contributed by atoms with Gasteiger partial charge in [0.05, 0.1) is 16.7 Å². The van der Waals surface area contributed by atoms with Crippen LogP contribution in [0, 0.1) is 17.6 Å². The van der Waals surface area contributed by atoms with Gasteiger partial charge in [-0.2, -0.15) is 0 Å². The standard InChI is InChI=1S/C12H11F4N3S/c1-11(5-2-4(17)3-6(13)7(5)14)8-9(12(8,15)16)20-10(18)19-11/h2-3,8-9H,17H2,1H3,(H2,18,19)/t8?,9?,11-/m1/s1. The quantitative estimate of drug-likeness (QED) is 0.619. The molecule has 2 aliphatic rings. The van der Waals surface area contributed by atoms with Gasteiger partial charge < -0.3 is 11.5 Å². The van der Waals surface area contributed by atoms with E-state index in [-0.39, 0.29) is 16.4 Å². The third-order valence-electron chi connectivity index (χ3n) is 3.78. The molecule has 1 aromatic carbocycles. The lowest BCUT2D eigenvalue weighted by molar-refractivity contribution is 0.0818. The number of anilines is 1. The van der Waals surface area contributed by atoms with Crippen molar-refractivity contribution in [1.82, 2.24) is 0 Å². The number of nitrogen functional groups attached to an aromatic ring is 1. The van der Waals surface area contributed by atoms with Crippen LogP contribution in [0.15, 0.2) is 17.1 Å². The molecule has 8 heteroatoms. The van der Waals surface area contributed by atoms with E-state index in [1.165, 1.54) is 6.92 Å². The van der Waals surface area contributed by atoms with Gasteiger partial charge in [-0.05, 0) is 19.1 Å². The molecule has 0 aromatic heterocycles. The average molecular weight is 305 g/mol. The van der Waals surface area contributed by atoms with Gasteiger partial charge in [-0.1, -0.05) is 11.8 Å². The highest BCUT2D eigenvalue weighted by Crippen LogP contribution is 2.66. The number of aliphatic imine (C=N–C) groups is 1. The van der Waals surface area contributed by atoms with Crippen LogP contribution in [0.2, 0.25) is 0 Å². The highest BCUT2D eigenvalue weighted by Gasteiger charge is 2.77. The zero-order valence-electron chi connectivity index (χ0n) is 10.3. The Kier molecular flexibility index (Phi) is 2.58. The summed E-state index contributed by atoms with van der Waals surface area (Å²) in [6.45, 7) is 1.33. The topological polar surface area (TPSA) is 64.4 Å². The zero-order chi connectivity index (χ0) is 14.9. The van der Waals surface area contributed by atoms with Crippen LogP contribution in [0.4, 0.5) is 23.2 Å². The Hall–Kier alpha value is -1.44.